The van der Waals surface area contributed by atoms with Gasteiger partial charge in [-0.3, -0.25) is 4.79 Å². The van der Waals surface area contributed by atoms with E-state index >= 15 is 0 Å². The van der Waals surface area contributed by atoms with Gasteiger partial charge in [-0.05, 0) is 66.7 Å². The molecule has 18 heavy (non-hydrogen) atoms. The molecule has 1 heteroatoms. The molecule has 1 aromatic rings. The first-order valence-corrected chi connectivity index (χ1v) is 7.02. The van der Waals surface area contributed by atoms with Gasteiger partial charge in [-0.15, -0.1) is 0 Å². The van der Waals surface area contributed by atoms with Gasteiger partial charge in [0.1, 0.15) is 0 Å². The van der Waals surface area contributed by atoms with Gasteiger partial charge >= 0.3 is 0 Å². The Labute approximate surface area is 110 Å². The smallest absolute Gasteiger partial charge is 0.160 e. The maximum atomic E-state index is 11.7. The molecule has 1 aromatic carbocycles. The second-order valence-corrected chi connectivity index (χ2v) is 6.80. The molecule has 0 aromatic heterocycles. The van der Waals surface area contributed by atoms with Crippen LogP contribution in [0.15, 0.2) is 12.1 Å². The molecule has 0 heterocycles. The summed E-state index contributed by atoms with van der Waals surface area (Å²) in [5.74, 6) is 0.200. The highest BCUT2D eigenvalue weighted by molar-refractivity contribution is 5.96. The molecule has 0 radical (unpaired) electrons. The van der Waals surface area contributed by atoms with Crippen molar-refractivity contribution in [2.75, 3.05) is 0 Å². The molecule has 3 rings (SSSR count). The van der Waals surface area contributed by atoms with E-state index in [-0.39, 0.29) is 5.78 Å². The largest absolute Gasteiger partial charge is 0.295 e. The Hall–Kier alpha value is -1.11. The third kappa shape index (κ3) is 1.31. The fraction of sp³-hybridized carbons (Fsp3) is 0.588. The van der Waals surface area contributed by atoms with Gasteiger partial charge in [0.2, 0.25) is 0 Å². The molecular weight excluding hydrogens is 220 g/mol. The summed E-state index contributed by atoms with van der Waals surface area (Å²) >= 11 is 0. The van der Waals surface area contributed by atoms with Crippen molar-refractivity contribution in [2.45, 2.75) is 58.8 Å². The van der Waals surface area contributed by atoms with Gasteiger partial charge in [-0.2, -0.15) is 0 Å². The molecular formula is C17H22O. The number of hydrogen-bond donors (Lipinski definition) is 0. The van der Waals surface area contributed by atoms with Crippen LogP contribution < -0.4 is 0 Å². The van der Waals surface area contributed by atoms with Crippen LogP contribution in [-0.2, 0) is 11.8 Å². The van der Waals surface area contributed by atoms with Crippen LogP contribution in [0, 0.1) is 12.3 Å². The molecule has 1 saturated carbocycles. The predicted octanol–water partition coefficient (Wildman–Crippen LogP) is 4.20. The van der Waals surface area contributed by atoms with E-state index in [2.05, 4.69) is 32.9 Å². The number of hydrogen-bond acceptors (Lipinski definition) is 1. The summed E-state index contributed by atoms with van der Waals surface area (Å²) in [7, 11) is 0. The second kappa shape index (κ2) is 3.46. The lowest BCUT2D eigenvalue weighted by atomic mass is 9.68. The van der Waals surface area contributed by atoms with E-state index in [9.17, 15) is 4.79 Å². The Bertz CT molecular complexity index is 543. The number of fused-ring (bicyclic) bond motifs is 3. The maximum absolute atomic E-state index is 11.7. The molecule has 2 atom stereocenters. The van der Waals surface area contributed by atoms with Crippen molar-refractivity contribution in [1.82, 2.24) is 0 Å². The highest BCUT2D eigenvalue weighted by Gasteiger charge is 2.54. The van der Waals surface area contributed by atoms with Crippen molar-refractivity contribution >= 4 is 5.78 Å². The number of benzene rings is 1. The highest BCUT2D eigenvalue weighted by Crippen LogP contribution is 2.61. The van der Waals surface area contributed by atoms with Crippen molar-refractivity contribution in [1.29, 1.82) is 0 Å². The molecule has 0 amide bonds. The van der Waals surface area contributed by atoms with Crippen LogP contribution in [0.25, 0.3) is 0 Å². The zero-order chi connectivity index (χ0) is 13.1. The van der Waals surface area contributed by atoms with E-state index < -0.39 is 0 Å². The first-order chi connectivity index (χ1) is 8.37. The Morgan fingerprint density at radius 1 is 1.22 bits per heavy atom. The van der Waals surface area contributed by atoms with Crippen LogP contribution in [0.5, 0.6) is 0 Å². The van der Waals surface area contributed by atoms with E-state index in [0.29, 0.717) is 10.8 Å². The third-order valence-electron chi connectivity index (χ3n) is 5.74. The van der Waals surface area contributed by atoms with Crippen LogP contribution >= 0.6 is 0 Å². The lowest BCUT2D eigenvalue weighted by Crippen LogP contribution is -2.32. The summed E-state index contributed by atoms with van der Waals surface area (Å²) < 4.78 is 0. The third-order valence-corrected chi connectivity index (χ3v) is 5.74. The van der Waals surface area contributed by atoms with Gasteiger partial charge in [0.25, 0.3) is 0 Å². The summed E-state index contributed by atoms with van der Waals surface area (Å²) in [5, 5.41) is 0. The first-order valence-electron chi connectivity index (χ1n) is 7.02. The Balaban J connectivity index is 2.22. The van der Waals surface area contributed by atoms with Crippen molar-refractivity contribution in [3.05, 3.63) is 34.4 Å². The average molecular weight is 242 g/mol. The van der Waals surface area contributed by atoms with Crippen LogP contribution in [0.3, 0.4) is 0 Å². The standard InChI is InChI=1S/C17H22O/c1-11-8-13-10-16(3)6-5-7-17(16,4)15(13)9-14(11)12(2)18/h8-9H,5-7,10H2,1-4H3. The van der Waals surface area contributed by atoms with Crippen LogP contribution in [0.1, 0.15) is 67.1 Å². The molecule has 96 valence electrons. The molecule has 0 saturated heterocycles. The number of rotatable bonds is 1. The topological polar surface area (TPSA) is 17.1 Å². The van der Waals surface area contributed by atoms with E-state index in [4.69, 9.17) is 0 Å². The first kappa shape index (κ1) is 12.0. The van der Waals surface area contributed by atoms with Crippen LogP contribution in [0.4, 0.5) is 0 Å². The number of carbonyl (C=O) groups excluding carboxylic acids is 1. The molecule has 0 bridgehead atoms. The molecule has 1 nitrogen and oxygen atoms in total. The highest BCUT2D eigenvalue weighted by atomic mass is 16.1. The molecule has 2 aliphatic rings. The number of carbonyl (C=O) groups is 1. The van der Waals surface area contributed by atoms with E-state index in [1.54, 1.807) is 6.92 Å². The number of ketones is 1. The molecule has 2 aliphatic carbocycles. The Morgan fingerprint density at radius 2 is 1.94 bits per heavy atom. The van der Waals surface area contributed by atoms with Crippen molar-refractivity contribution in [3.63, 3.8) is 0 Å². The molecule has 1 fully saturated rings. The second-order valence-electron chi connectivity index (χ2n) is 6.80. The van der Waals surface area contributed by atoms with Gasteiger partial charge in [0, 0.05) is 5.56 Å². The minimum absolute atomic E-state index is 0.200. The van der Waals surface area contributed by atoms with Gasteiger partial charge in [0.15, 0.2) is 5.78 Å². The number of aryl methyl sites for hydroxylation is 1. The molecule has 0 spiro atoms. The molecule has 2 unspecified atom stereocenters. The van der Waals surface area contributed by atoms with Gasteiger partial charge < -0.3 is 0 Å². The number of Topliss-reactive ketones (excluding diaryl/α,β-unsaturated/α-hetero) is 1. The van der Waals surface area contributed by atoms with E-state index in [1.807, 2.05) is 0 Å². The van der Waals surface area contributed by atoms with Gasteiger partial charge in [0.05, 0.1) is 0 Å². The zero-order valence-corrected chi connectivity index (χ0v) is 11.9. The lowest BCUT2D eigenvalue weighted by molar-refractivity contribution is 0.101. The normalized spacial score (nSPS) is 33.3. The lowest BCUT2D eigenvalue weighted by Gasteiger charge is -2.35. The monoisotopic (exact) mass is 242 g/mol. The fourth-order valence-corrected chi connectivity index (χ4v) is 4.38. The Morgan fingerprint density at radius 3 is 2.61 bits per heavy atom. The van der Waals surface area contributed by atoms with Crippen molar-refractivity contribution in [2.24, 2.45) is 5.41 Å². The summed E-state index contributed by atoms with van der Waals surface area (Å²) in [4.78, 5) is 11.7. The average Bonchev–Trinajstić information content (AvgIpc) is 2.64. The summed E-state index contributed by atoms with van der Waals surface area (Å²) in [6.45, 7) is 8.59. The van der Waals surface area contributed by atoms with E-state index in [1.165, 1.54) is 36.8 Å². The summed E-state index contributed by atoms with van der Waals surface area (Å²) in [5.41, 5.74) is 5.72. The fourth-order valence-electron chi connectivity index (χ4n) is 4.38. The van der Waals surface area contributed by atoms with E-state index in [0.717, 1.165) is 11.1 Å². The maximum Gasteiger partial charge on any atom is 0.160 e. The SMILES string of the molecule is CC(=O)c1cc2c(cc1C)CC1(C)CCCC21C. The van der Waals surface area contributed by atoms with Crippen molar-refractivity contribution < 1.29 is 4.79 Å². The molecule has 0 aliphatic heterocycles. The van der Waals surface area contributed by atoms with Crippen LogP contribution in [-0.4, -0.2) is 5.78 Å². The predicted molar refractivity (Wildman–Crippen MR) is 74.2 cm³/mol. The van der Waals surface area contributed by atoms with Gasteiger partial charge in [-0.1, -0.05) is 26.3 Å². The zero-order valence-electron chi connectivity index (χ0n) is 11.9. The van der Waals surface area contributed by atoms with Gasteiger partial charge in [-0.25, -0.2) is 0 Å². The summed E-state index contributed by atoms with van der Waals surface area (Å²) in [6.07, 6.45) is 5.12. The minimum atomic E-state index is 0.200. The molecule has 0 N–H and O–H groups in total. The van der Waals surface area contributed by atoms with Crippen molar-refractivity contribution in [3.8, 4) is 0 Å². The Kier molecular flexibility index (Phi) is 2.30. The summed E-state index contributed by atoms with van der Waals surface area (Å²) in [6, 6.07) is 4.46. The quantitative estimate of drug-likeness (QED) is 0.674. The van der Waals surface area contributed by atoms with Crippen LogP contribution in [0.2, 0.25) is 0 Å². The minimum Gasteiger partial charge on any atom is -0.295 e.